The van der Waals surface area contributed by atoms with E-state index in [4.69, 9.17) is 10.8 Å². The summed E-state index contributed by atoms with van der Waals surface area (Å²) in [4.78, 5) is 21.6. The molecule has 0 aliphatic heterocycles. The lowest BCUT2D eigenvalue weighted by Crippen LogP contribution is -2.35. The van der Waals surface area contributed by atoms with E-state index in [2.05, 4.69) is 10.6 Å². The maximum absolute atomic E-state index is 10.8. The third kappa shape index (κ3) is 8.34. The number of carboxylic acids is 1. The molecular weight excluding hydrogens is 210 g/mol. The van der Waals surface area contributed by atoms with Gasteiger partial charge < -0.3 is 26.3 Å². The fraction of sp³-hybridized carbons (Fsp3) is 0.800. The first-order valence-electron chi connectivity index (χ1n) is 5.41. The van der Waals surface area contributed by atoms with Gasteiger partial charge in [0.1, 0.15) is 5.78 Å². The van der Waals surface area contributed by atoms with E-state index in [1.165, 1.54) is 6.92 Å². The van der Waals surface area contributed by atoms with Crippen LogP contribution in [0.3, 0.4) is 0 Å². The largest absolute Gasteiger partial charge is 0.481 e. The molecule has 0 aromatic rings. The molecule has 0 aromatic carbocycles. The average Bonchev–Trinajstić information content (AvgIpc) is 2.20. The summed E-state index contributed by atoms with van der Waals surface area (Å²) in [7, 11) is 0. The Hall–Kier alpha value is -0.980. The maximum atomic E-state index is 10.8. The number of carbonyl (C=O) groups is 2. The zero-order valence-electron chi connectivity index (χ0n) is 9.66. The van der Waals surface area contributed by atoms with Gasteiger partial charge in [0.15, 0.2) is 0 Å². The van der Waals surface area contributed by atoms with E-state index < -0.39 is 11.9 Å². The molecule has 1 atom stereocenters. The van der Waals surface area contributed by atoms with E-state index in [9.17, 15) is 9.59 Å². The summed E-state index contributed by atoms with van der Waals surface area (Å²) in [5.41, 5.74) is 5.29. The van der Waals surface area contributed by atoms with Crippen molar-refractivity contribution in [2.75, 3.05) is 32.7 Å². The first-order valence-corrected chi connectivity index (χ1v) is 5.41. The molecule has 0 heterocycles. The molecule has 0 fully saturated rings. The second kappa shape index (κ2) is 9.26. The molecule has 0 aliphatic carbocycles. The Bertz CT molecular complexity index is 221. The van der Waals surface area contributed by atoms with Gasteiger partial charge in [-0.1, -0.05) is 0 Å². The van der Waals surface area contributed by atoms with Gasteiger partial charge >= 0.3 is 5.97 Å². The van der Waals surface area contributed by atoms with Crippen molar-refractivity contribution in [2.24, 2.45) is 11.7 Å². The van der Waals surface area contributed by atoms with Gasteiger partial charge in [0.2, 0.25) is 0 Å². The number of carbonyl (C=O) groups excluding carboxylic acids is 1. The topological polar surface area (TPSA) is 104 Å². The van der Waals surface area contributed by atoms with Crippen molar-refractivity contribution < 1.29 is 14.7 Å². The number of aliphatic carboxylic acids is 1. The van der Waals surface area contributed by atoms with Crippen molar-refractivity contribution in [1.82, 2.24) is 10.6 Å². The molecule has 16 heavy (non-hydrogen) atoms. The molecule has 6 nitrogen and oxygen atoms in total. The second-order valence-electron chi connectivity index (χ2n) is 3.68. The third-order valence-corrected chi connectivity index (χ3v) is 2.07. The fourth-order valence-corrected chi connectivity index (χ4v) is 1.27. The van der Waals surface area contributed by atoms with Gasteiger partial charge in [0.25, 0.3) is 0 Å². The Balaban J connectivity index is 3.60. The predicted octanol–water partition coefficient (Wildman–Crippen LogP) is -1.20. The highest BCUT2D eigenvalue weighted by Gasteiger charge is 2.18. The van der Waals surface area contributed by atoms with Crippen LogP contribution in [0.4, 0.5) is 0 Å². The number of ketones is 1. The predicted molar refractivity (Wildman–Crippen MR) is 61.2 cm³/mol. The Morgan fingerprint density at radius 1 is 1.25 bits per heavy atom. The Labute approximate surface area is 95.6 Å². The molecule has 0 aliphatic rings. The number of Topliss-reactive ketones (excluding diaryl/α,β-unsaturated/α-hetero) is 1. The maximum Gasteiger partial charge on any atom is 0.308 e. The molecule has 94 valence electrons. The molecule has 5 N–H and O–H groups in total. The zero-order valence-corrected chi connectivity index (χ0v) is 9.66. The molecule has 0 aromatic heterocycles. The Kier molecular flexibility index (Phi) is 8.69. The summed E-state index contributed by atoms with van der Waals surface area (Å²) in [6.45, 7) is 4.46. The first kappa shape index (κ1) is 15.0. The summed E-state index contributed by atoms with van der Waals surface area (Å²) in [5.74, 6) is -1.67. The van der Waals surface area contributed by atoms with Crippen molar-refractivity contribution in [1.29, 1.82) is 0 Å². The van der Waals surface area contributed by atoms with Gasteiger partial charge in [0.05, 0.1) is 5.92 Å². The molecule has 0 radical (unpaired) electrons. The minimum Gasteiger partial charge on any atom is -0.481 e. The minimum atomic E-state index is -0.933. The SMILES string of the molecule is CC(=O)CC(CNCCNCCN)C(=O)O. The van der Waals surface area contributed by atoms with Crippen LogP contribution in [0.5, 0.6) is 0 Å². The van der Waals surface area contributed by atoms with Crippen molar-refractivity contribution in [2.45, 2.75) is 13.3 Å². The van der Waals surface area contributed by atoms with Crippen LogP contribution < -0.4 is 16.4 Å². The number of hydrogen-bond donors (Lipinski definition) is 4. The number of nitrogens with two attached hydrogens (primary N) is 1. The molecule has 1 unspecified atom stereocenters. The molecule has 0 bridgehead atoms. The molecule has 0 saturated heterocycles. The van der Waals surface area contributed by atoms with Crippen LogP contribution in [-0.4, -0.2) is 49.6 Å². The van der Waals surface area contributed by atoms with E-state index >= 15 is 0 Å². The highest BCUT2D eigenvalue weighted by atomic mass is 16.4. The van der Waals surface area contributed by atoms with Crippen LogP contribution in [0.15, 0.2) is 0 Å². The summed E-state index contributed by atoms with van der Waals surface area (Å²) in [6, 6.07) is 0. The van der Waals surface area contributed by atoms with Crippen LogP contribution in [0, 0.1) is 5.92 Å². The zero-order chi connectivity index (χ0) is 12.4. The molecule has 0 rings (SSSR count). The van der Waals surface area contributed by atoms with Crippen LogP contribution in [-0.2, 0) is 9.59 Å². The van der Waals surface area contributed by atoms with Crippen LogP contribution in [0.25, 0.3) is 0 Å². The van der Waals surface area contributed by atoms with Gasteiger partial charge in [-0.05, 0) is 6.92 Å². The van der Waals surface area contributed by atoms with Crippen LogP contribution in [0.1, 0.15) is 13.3 Å². The van der Waals surface area contributed by atoms with Crippen molar-refractivity contribution in [3.05, 3.63) is 0 Å². The number of carboxylic acid groups (broad SMARTS) is 1. The molecule has 0 saturated carbocycles. The third-order valence-electron chi connectivity index (χ3n) is 2.07. The standard InChI is InChI=1S/C10H21N3O3/c1-8(14)6-9(10(15)16)7-13-5-4-12-3-2-11/h9,12-13H,2-7,11H2,1H3,(H,15,16). The fourth-order valence-electron chi connectivity index (χ4n) is 1.27. The lowest BCUT2D eigenvalue weighted by molar-refractivity contribution is -0.143. The van der Waals surface area contributed by atoms with Crippen LogP contribution >= 0.6 is 0 Å². The van der Waals surface area contributed by atoms with E-state index in [-0.39, 0.29) is 12.2 Å². The normalized spacial score (nSPS) is 12.4. The van der Waals surface area contributed by atoms with Gasteiger partial charge in [-0.25, -0.2) is 0 Å². The molecule has 0 spiro atoms. The number of rotatable bonds is 10. The Morgan fingerprint density at radius 2 is 1.88 bits per heavy atom. The van der Waals surface area contributed by atoms with Gasteiger partial charge in [-0.3, -0.25) is 4.79 Å². The van der Waals surface area contributed by atoms with E-state index in [0.29, 0.717) is 19.6 Å². The smallest absolute Gasteiger partial charge is 0.308 e. The monoisotopic (exact) mass is 231 g/mol. The van der Waals surface area contributed by atoms with E-state index in [0.717, 1.165) is 13.1 Å². The summed E-state index contributed by atoms with van der Waals surface area (Å²) in [5, 5.41) is 14.9. The highest BCUT2D eigenvalue weighted by Crippen LogP contribution is 2.02. The highest BCUT2D eigenvalue weighted by molar-refractivity contribution is 5.82. The summed E-state index contributed by atoms with van der Waals surface area (Å²) >= 11 is 0. The molecular formula is C10H21N3O3. The minimum absolute atomic E-state index is 0.0819. The van der Waals surface area contributed by atoms with Gasteiger partial charge in [0, 0.05) is 39.1 Å². The molecule has 6 heteroatoms. The average molecular weight is 231 g/mol. The van der Waals surface area contributed by atoms with E-state index in [1.54, 1.807) is 0 Å². The quantitative estimate of drug-likeness (QED) is 0.352. The van der Waals surface area contributed by atoms with Crippen molar-refractivity contribution >= 4 is 11.8 Å². The lowest BCUT2D eigenvalue weighted by atomic mass is 10.0. The van der Waals surface area contributed by atoms with Crippen molar-refractivity contribution in [3.8, 4) is 0 Å². The van der Waals surface area contributed by atoms with Crippen molar-refractivity contribution in [3.63, 3.8) is 0 Å². The first-order chi connectivity index (χ1) is 7.57. The summed E-state index contributed by atoms with van der Waals surface area (Å²) < 4.78 is 0. The van der Waals surface area contributed by atoms with Crippen LogP contribution in [0.2, 0.25) is 0 Å². The lowest BCUT2D eigenvalue weighted by Gasteiger charge is -2.11. The van der Waals surface area contributed by atoms with Gasteiger partial charge in [-0.2, -0.15) is 0 Å². The Morgan fingerprint density at radius 3 is 2.38 bits per heavy atom. The molecule has 0 amide bonds. The number of hydrogen-bond acceptors (Lipinski definition) is 5. The number of nitrogens with one attached hydrogen (secondary N) is 2. The van der Waals surface area contributed by atoms with E-state index in [1.807, 2.05) is 0 Å². The van der Waals surface area contributed by atoms with Gasteiger partial charge in [-0.15, -0.1) is 0 Å². The second-order valence-corrected chi connectivity index (χ2v) is 3.68. The summed E-state index contributed by atoms with van der Waals surface area (Å²) in [6.07, 6.45) is 0.0819.